The van der Waals surface area contributed by atoms with Gasteiger partial charge in [-0.3, -0.25) is 4.79 Å². The third-order valence-electron chi connectivity index (χ3n) is 3.12. The molecule has 78 valence electrons. The molecule has 0 heterocycles. The van der Waals surface area contributed by atoms with Crippen LogP contribution in [0.15, 0.2) is 36.4 Å². The zero-order chi connectivity index (χ0) is 10.7. The molecule has 0 N–H and O–H groups in total. The quantitative estimate of drug-likeness (QED) is 0.714. The Morgan fingerprint density at radius 2 is 2.00 bits per heavy atom. The summed E-state index contributed by atoms with van der Waals surface area (Å²) in [7, 11) is 0. The Morgan fingerprint density at radius 1 is 1.27 bits per heavy atom. The summed E-state index contributed by atoms with van der Waals surface area (Å²) in [5.74, 6) is 0.570. The van der Waals surface area contributed by atoms with Crippen LogP contribution >= 0.6 is 0 Å². The largest absolute Gasteiger partial charge is 0.295 e. The van der Waals surface area contributed by atoms with Gasteiger partial charge in [0.1, 0.15) is 0 Å². The van der Waals surface area contributed by atoms with Crippen molar-refractivity contribution in [2.75, 3.05) is 0 Å². The second-order valence-electron chi connectivity index (χ2n) is 4.08. The van der Waals surface area contributed by atoms with Crippen molar-refractivity contribution in [3.63, 3.8) is 0 Å². The Kier molecular flexibility index (Phi) is 3.00. The average molecular weight is 200 g/mol. The molecule has 0 bridgehead atoms. The summed E-state index contributed by atoms with van der Waals surface area (Å²) in [6.45, 7) is 2.09. The van der Waals surface area contributed by atoms with Crippen molar-refractivity contribution in [1.29, 1.82) is 0 Å². The fraction of sp³-hybridized carbons (Fsp3) is 0.357. The highest BCUT2D eigenvalue weighted by Gasteiger charge is 2.20. The lowest BCUT2D eigenvalue weighted by Gasteiger charge is -2.19. The average Bonchev–Trinajstić information content (AvgIpc) is 2.30. The van der Waals surface area contributed by atoms with Gasteiger partial charge < -0.3 is 0 Å². The predicted octanol–water partition coefficient (Wildman–Crippen LogP) is 3.46. The van der Waals surface area contributed by atoms with E-state index in [0.29, 0.717) is 5.78 Å². The Morgan fingerprint density at radius 3 is 2.60 bits per heavy atom. The fourth-order valence-corrected chi connectivity index (χ4v) is 2.12. The molecule has 0 radical (unpaired) electrons. The zero-order valence-electron chi connectivity index (χ0n) is 9.07. The summed E-state index contributed by atoms with van der Waals surface area (Å²) in [6.07, 6.45) is 4.86. The lowest BCUT2D eigenvalue weighted by molar-refractivity contribution is -0.118. The Balaban J connectivity index is 2.23. The standard InChI is InChI=1S/C14H16O/c1-2-11-8-9-13(10-14(11)15)12-6-4-3-5-7-12/h3-7,10-11H,2,8-9H2,1H3. The Hall–Kier alpha value is -1.37. The second-order valence-corrected chi connectivity index (χ2v) is 4.08. The molecular weight excluding hydrogens is 184 g/mol. The highest BCUT2D eigenvalue weighted by atomic mass is 16.1. The van der Waals surface area contributed by atoms with Crippen LogP contribution in [-0.2, 0) is 4.79 Å². The first-order chi connectivity index (χ1) is 7.31. The van der Waals surface area contributed by atoms with E-state index in [1.54, 1.807) is 0 Å². The Labute approximate surface area is 90.8 Å². The number of rotatable bonds is 2. The minimum absolute atomic E-state index is 0.262. The molecule has 0 spiro atoms. The first kappa shape index (κ1) is 10.2. The zero-order valence-corrected chi connectivity index (χ0v) is 9.07. The number of benzene rings is 1. The van der Waals surface area contributed by atoms with Gasteiger partial charge in [0, 0.05) is 5.92 Å². The molecule has 1 aliphatic carbocycles. The fourth-order valence-electron chi connectivity index (χ4n) is 2.12. The first-order valence-corrected chi connectivity index (χ1v) is 5.61. The van der Waals surface area contributed by atoms with Crippen molar-refractivity contribution in [3.05, 3.63) is 42.0 Å². The Bertz CT molecular complexity index is 376. The molecule has 0 amide bonds. The molecule has 1 unspecified atom stereocenters. The highest BCUT2D eigenvalue weighted by Crippen LogP contribution is 2.29. The van der Waals surface area contributed by atoms with Gasteiger partial charge in [0.25, 0.3) is 0 Å². The van der Waals surface area contributed by atoms with Gasteiger partial charge in [-0.15, -0.1) is 0 Å². The molecule has 2 rings (SSSR count). The smallest absolute Gasteiger partial charge is 0.159 e. The maximum atomic E-state index is 11.7. The van der Waals surface area contributed by atoms with Crippen molar-refractivity contribution in [1.82, 2.24) is 0 Å². The molecule has 1 heteroatoms. The number of ketones is 1. The van der Waals surface area contributed by atoms with Gasteiger partial charge in [-0.05, 0) is 36.5 Å². The number of carbonyl (C=O) groups is 1. The minimum atomic E-state index is 0.262. The van der Waals surface area contributed by atoms with Crippen molar-refractivity contribution < 1.29 is 4.79 Å². The van der Waals surface area contributed by atoms with Gasteiger partial charge in [-0.25, -0.2) is 0 Å². The maximum absolute atomic E-state index is 11.7. The SMILES string of the molecule is CCC1CCC(c2ccccc2)=CC1=O. The summed E-state index contributed by atoms with van der Waals surface area (Å²) in [4.78, 5) is 11.7. The van der Waals surface area contributed by atoms with Crippen molar-refractivity contribution in [3.8, 4) is 0 Å². The second kappa shape index (κ2) is 4.43. The van der Waals surface area contributed by atoms with Gasteiger partial charge in [0.15, 0.2) is 5.78 Å². The van der Waals surface area contributed by atoms with E-state index in [1.807, 2.05) is 24.3 Å². The molecule has 1 aromatic carbocycles. The number of carbonyl (C=O) groups excluding carboxylic acids is 1. The molecule has 1 aliphatic rings. The van der Waals surface area contributed by atoms with Crippen LogP contribution in [-0.4, -0.2) is 5.78 Å². The molecule has 0 saturated heterocycles. The molecule has 0 saturated carbocycles. The summed E-state index contributed by atoms with van der Waals surface area (Å²) < 4.78 is 0. The van der Waals surface area contributed by atoms with E-state index in [4.69, 9.17) is 0 Å². The summed E-state index contributed by atoms with van der Waals surface area (Å²) in [6, 6.07) is 10.2. The van der Waals surface area contributed by atoms with E-state index < -0.39 is 0 Å². The van der Waals surface area contributed by atoms with E-state index in [9.17, 15) is 4.79 Å². The summed E-state index contributed by atoms with van der Waals surface area (Å²) in [5.41, 5.74) is 2.39. The molecule has 0 aliphatic heterocycles. The van der Waals surface area contributed by atoms with Gasteiger partial charge in [-0.1, -0.05) is 37.3 Å². The van der Waals surface area contributed by atoms with E-state index in [1.165, 1.54) is 11.1 Å². The third-order valence-corrected chi connectivity index (χ3v) is 3.12. The molecule has 0 aromatic heterocycles. The van der Waals surface area contributed by atoms with Gasteiger partial charge in [0.05, 0.1) is 0 Å². The van der Waals surface area contributed by atoms with Crippen molar-refractivity contribution in [2.24, 2.45) is 5.92 Å². The topological polar surface area (TPSA) is 17.1 Å². The van der Waals surface area contributed by atoms with Crippen LogP contribution in [0, 0.1) is 5.92 Å². The van der Waals surface area contributed by atoms with E-state index in [2.05, 4.69) is 19.1 Å². The lowest BCUT2D eigenvalue weighted by atomic mass is 9.84. The predicted molar refractivity (Wildman–Crippen MR) is 62.4 cm³/mol. The van der Waals surface area contributed by atoms with Crippen LogP contribution in [0.2, 0.25) is 0 Å². The van der Waals surface area contributed by atoms with Crippen LogP contribution in [0.25, 0.3) is 5.57 Å². The van der Waals surface area contributed by atoms with Gasteiger partial charge in [0.2, 0.25) is 0 Å². The molecule has 1 aromatic rings. The highest BCUT2D eigenvalue weighted by molar-refractivity contribution is 5.99. The lowest BCUT2D eigenvalue weighted by Crippen LogP contribution is -2.15. The molecule has 1 atom stereocenters. The number of hydrogen-bond donors (Lipinski definition) is 0. The number of hydrogen-bond acceptors (Lipinski definition) is 1. The van der Waals surface area contributed by atoms with Crippen molar-refractivity contribution >= 4 is 11.4 Å². The van der Waals surface area contributed by atoms with E-state index >= 15 is 0 Å². The minimum Gasteiger partial charge on any atom is -0.295 e. The van der Waals surface area contributed by atoms with Gasteiger partial charge >= 0.3 is 0 Å². The normalized spacial score (nSPS) is 21.3. The van der Waals surface area contributed by atoms with Gasteiger partial charge in [-0.2, -0.15) is 0 Å². The molecule has 15 heavy (non-hydrogen) atoms. The van der Waals surface area contributed by atoms with Crippen molar-refractivity contribution in [2.45, 2.75) is 26.2 Å². The maximum Gasteiger partial charge on any atom is 0.159 e. The van der Waals surface area contributed by atoms with Crippen LogP contribution in [0.1, 0.15) is 31.7 Å². The molecule has 1 nitrogen and oxygen atoms in total. The summed E-state index contributed by atoms with van der Waals surface area (Å²) in [5, 5.41) is 0. The number of allylic oxidation sites excluding steroid dienone is 2. The van der Waals surface area contributed by atoms with Crippen LogP contribution in [0.3, 0.4) is 0 Å². The first-order valence-electron chi connectivity index (χ1n) is 5.61. The summed E-state index contributed by atoms with van der Waals surface area (Å²) >= 11 is 0. The van der Waals surface area contributed by atoms with E-state index in [0.717, 1.165) is 19.3 Å². The third kappa shape index (κ3) is 2.17. The van der Waals surface area contributed by atoms with Crippen LogP contribution in [0.4, 0.5) is 0 Å². The monoisotopic (exact) mass is 200 g/mol. The van der Waals surface area contributed by atoms with E-state index in [-0.39, 0.29) is 5.92 Å². The molecular formula is C14H16O. The van der Waals surface area contributed by atoms with Crippen LogP contribution in [0.5, 0.6) is 0 Å². The van der Waals surface area contributed by atoms with Crippen LogP contribution < -0.4 is 0 Å². The molecule has 0 fully saturated rings.